The summed E-state index contributed by atoms with van der Waals surface area (Å²) >= 11 is 1.07. The first-order chi connectivity index (χ1) is 16.0. The summed E-state index contributed by atoms with van der Waals surface area (Å²) in [5.41, 5.74) is 1.72. The second-order valence-corrected chi connectivity index (χ2v) is 11.2. The molecule has 0 bridgehead atoms. The van der Waals surface area contributed by atoms with Crippen LogP contribution in [0.5, 0.6) is 0 Å². The highest BCUT2D eigenvalue weighted by molar-refractivity contribution is 7.91. The Morgan fingerprint density at radius 2 is 1.91 bits per heavy atom. The molecule has 1 saturated carbocycles. The molecular formula is C22H25N5O4S2. The van der Waals surface area contributed by atoms with E-state index < -0.39 is 10.0 Å². The van der Waals surface area contributed by atoms with Gasteiger partial charge in [0.2, 0.25) is 17.6 Å². The van der Waals surface area contributed by atoms with Gasteiger partial charge in [-0.15, -0.1) is 11.3 Å². The van der Waals surface area contributed by atoms with Crippen LogP contribution in [0.1, 0.15) is 31.1 Å². The number of nitrogens with one attached hydrogen (secondary N) is 1. The van der Waals surface area contributed by atoms with Crippen molar-refractivity contribution in [2.24, 2.45) is 0 Å². The molecule has 0 atom stereocenters. The molecule has 1 aliphatic heterocycles. The molecule has 1 aliphatic carbocycles. The quantitative estimate of drug-likeness (QED) is 0.546. The number of carbonyl (C=O) groups excluding carboxylic acids is 1. The number of amides is 1. The first kappa shape index (κ1) is 22.1. The topological polar surface area (TPSA) is 109 Å². The zero-order chi connectivity index (χ0) is 22.8. The van der Waals surface area contributed by atoms with Crippen molar-refractivity contribution in [2.45, 2.75) is 29.4 Å². The van der Waals surface area contributed by atoms with Gasteiger partial charge in [0.05, 0.1) is 6.54 Å². The minimum atomic E-state index is -3.81. The van der Waals surface area contributed by atoms with Crippen LogP contribution in [0, 0.1) is 0 Å². The van der Waals surface area contributed by atoms with Crippen LogP contribution in [-0.2, 0) is 14.8 Å². The minimum Gasteiger partial charge on any atom is -0.368 e. The summed E-state index contributed by atoms with van der Waals surface area (Å²) in [7, 11) is -3.81. The van der Waals surface area contributed by atoms with Crippen LogP contribution >= 0.6 is 11.3 Å². The van der Waals surface area contributed by atoms with Crippen molar-refractivity contribution < 1.29 is 17.7 Å². The highest BCUT2D eigenvalue weighted by Crippen LogP contribution is 2.36. The number of piperazine rings is 1. The number of aromatic nitrogens is 2. The van der Waals surface area contributed by atoms with Crippen LogP contribution in [0.2, 0.25) is 0 Å². The summed E-state index contributed by atoms with van der Waals surface area (Å²) in [6, 6.07) is 11.6. The van der Waals surface area contributed by atoms with Crippen molar-refractivity contribution >= 4 is 33.0 Å². The summed E-state index contributed by atoms with van der Waals surface area (Å²) in [5.74, 6) is 1.09. The molecule has 1 amide bonds. The van der Waals surface area contributed by atoms with Gasteiger partial charge in [-0.2, -0.15) is 4.98 Å². The highest BCUT2D eigenvalue weighted by atomic mass is 32.2. The Hall–Kier alpha value is -2.76. The molecule has 9 nitrogen and oxygen atoms in total. The Morgan fingerprint density at radius 3 is 2.61 bits per heavy atom. The summed E-state index contributed by atoms with van der Waals surface area (Å²) < 4.78 is 33.3. The van der Waals surface area contributed by atoms with Crippen LogP contribution in [0.3, 0.4) is 0 Å². The molecule has 0 radical (unpaired) electrons. The zero-order valence-electron chi connectivity index (χ0n) is 18.0. The predicted octanol–water partition coefficient (Wildman–Crippen LogP) is 2.69. The lowest BCUT2D eigenvalue weighted by Gasteiger charge is -2.36. The fourth-order valence-electron chi connectivity index (χ4n) is 3.94. The number of para-hydroxylation sites is 1. The third-order valence-corrected chi connectivity index (χ3v) is 9.00. The molecule has 2 fully saturated rings. The molecule has 2 aromatic heterocycles. The second-order valence-electron chi connectivity index (χ2n) is 8.27. The van der Waals surface area contributed by atoms with Gasteiger partial charge in [-0.05, 0) is 31.0 Å². The van der Waals surface area contributed by atoms with Gasteiger partial charge >= 0.3 is 0 Å². The van der Waals surface area contributed by atoms with E-state index in [9.17, 15) is 13.2 Å². The number of sulfonamides is 1. The number of thiophene rings is 1. The van der Waals surface area contributed by atoms with Crippen molar-refractivity contribution in [3.05, 3.63) is 47.7 Å². The lowest BCUT2D eigenvalue weighted by molar-refractivity contribution is -0.130. The lowest BCUT2D eigenvalue weighted by atomic mass is 9.85. The molecule has 3 heterocycles. The van der Waals surface area contributed by atoms with E-state index in [2.05, 4.69) is 19.8 Å². The SMILES string of the molecule is O=C(CNS(=O)(=O)c1cc(-c2noc(C3CCC3)n2)cs1)N1CCN(c2ccccc2)CC1. The number of rotatable bonds is 7. The third-order valence-electron chi connectivity index (χ3n) is 6.16. The lowest BCUT2D eigenvalue weighted by Crippen LogP contribution is -2.51. The molecule has 0 spiro atoms. The maximum atomic E-state index is 12.7. The maximum absolute atomic E-state index is 12.7. The Morgan fingerprint density at radius 1 is 1.15 bits per heavy atom. The number of anilines is 1. The first-order valence-electron chi connectivity index (χ1n) is 11.0. The van der Waals surface area contributed by atoms with Gasteiger partial charge in [0.15, 0.2) is 0 Å². The zero-order valence-corrected chi connectivity index (χ0v) is 19.6. The number of hydrogen-bond donors (Lipinski definition) is 1. The Bertz CT molecular complexity index is 1210. The third kappa shape index (κ3) is 4.80. The summed E-state index contributed by atoms with van der Waals surface area (Å²) in [4.78, 5) is 20.9. The largest absolute Gasteiger partial charge is 0.368 e. The van der Waals surface area contributed by atoms with Crippen molar-refractivity contribution in [1.29, 1.82) is 0 Å². The molecule has 1 saturated heterocycles. The number of hydrogen-bond acceptors (Lipinski definition) is 8. The highest BCUT2D eigenvalue weighted by Gasteiger charge is 2.27. The molecule has 2 aliphatic rings. The number of benzene rings is 1. The Kier molecular flexibility index (Phi) is 6.17. The van der Waals surface area contributed by atoms with Crippen molar-refractivity contribution in [3.8, 4) is 11.4 Å². The van der Waals surface area contributed by atoms with E-state index in [1.807, 2.05) is 30.3 Å². The van der Waals surface area contributed by atoms with Gasteiger partial charge in [-0.25, -0.2) is 13.1 Å². The second kappa shape index (κ2) is 9.24. The standard InChI is InChI=1S/C22H25N5O4S2/c28-19(27-11-9-26(10-12-27)18-7-2-1-3-8-18)14-23-33(29,30)20-13-17(15-32-20)21-24-22(31-25-21)16-5-4-6-16/h1-3,7-8,13,15-16,23H,4-6,9-12,14H2. The van der Waals surface area contributed by atoms with E-state index in [-0.39, 0.29) is 16.7 Å². The van der Waals surface area contributed by atoms with Gasteiger partial charge in [0, 0.05) is 48.7 Å². The molecule has 3 aromatic rings. The van der Waals surface area contributed by atoms with Gasteiger partial charge in [-0.3, -0.25) is 4.79 Å². The molecule has 33 heavy (non-hydrogen) atoms. The van der Waals surface area contributed by atoms with E-state index in [4.69, 9.17) is 4.52 Å². The Labute approximate surface area is 196 Å². The van der Waals surface area contributed by atoms with Gasteiger partial charge in [-0.1, -0.05) is 29.8 Å². The number of carbonyl (C=O) groups is 1. The van der Waals surface area contributed by atoms with Gasteiger partial charge in [0.25, 0.3) is 10.0 Å². The molecule has 11 heteroatoms. The summed E-state index contributed by atoms with van der Waals surface area (Å²) in [5, 5.41) is 5.68. The predicted molar refractivity (Wildman–Crippen MR) is 125 cm³/mol. The van der Waals surface area contributed by atoms with E-state index >= 15 is 0 Å². The van der Waals surface area contributed by atoms with Gasteiger partial charge in [0.1, 0.15) is 4.21 Å². The average Bonchev–Trinajstić information content (AvgIpc) is 3.48. The van der Waals surface area contributed by atoms with E-state index in [0.29, 0.717) is 49.4 Å². The van der Waals surface area contributed by atoms with Crippen LogP contribution in [0.15, 0.2) is 50.5 Å². The van der Waals surface area contributed by atoms with Crippen LogP contribution < -0.4 is 9.62 Å². The van der Waals surface area contributed by atoms with E-state index in [1.165, 1.54) is 6.07 Å². The fraction of sp³-hybridized carbons (Fsp3) is 0.409. The average molecular weight is 488 g/mol. The number of nitrogens with zero attached hydrogens (tertiary/aromatic N) is 4. The Balaban J connectivity index is 1.15. The molecule has 1 aromatic carbocycles. The molecule has 174 valence electrons. The van der Waals surface area contributed by atoms with E-state index in [0.717, 1.165) is 36.3 Å². The fourth-order valence-corrected chi connectivity index (χ4v) is 6.12. The minimum absolute atomic E-state index is 0.120. The molecular weight excluding hydrogens is 462 g/mol. The van der Waals surface area contributed by atoms with Crippen LogP contribution in [0.25, 0.3) is 11.4 Å². The first-order valence-corrected chi connectivity index (χ1v) is 13.4. The smallest absolute Gasteiger partial charge is 0.250 e. The molecule has 5 rings (SSSR count). The van der Waals surface area contributed by atoms with Crippen molar-refractivity contribution in [1.82, 2.24) is 19.8 Å². The normalized spacial score (nSPS) is 17.2. The van der Waals surface area contributed by atoms with Gasteiger partial charge < -0.3 is 14.3 Å². The van der Waals surface area contributed by atoms with Crippen LogP contribution in [0.4, 0.5) is 5.69 Å². The molecule has 0 unspecified atom stereocenters. The van der Waals surface area contributed by atoms with Crippen molar-refractivity contribution in [3.63, 3.8) is 0 Å². The summed E-state index contributed by atoms with van der Waals surface area (Å²) in [6.45, 7) is 2.27. The summed E-state index contributed by atoms with van der Waals surface area (Å²) in [6.07, 6.45) is 3.25. The molecule has 1 N–H and O–H groups in total. The van der Waals surface area contributed by atoms with Crippen molar-refractivity contribution in [2.75, 3.05) is 37.6 Å². The van der Waals surface area contributed by atoms with E-state index in [1.54, 1.807) is 10.3 Å². The van der Waals surface area contributed by atoms with Crippen LogP contribution in [-0.4, -0.2) is 62.1 Å². The monoisotopic (exact) mass is 487 g/mol. The maximum Gasteiger partial charge on any atom is 0.250 e.